The van der Waals surface area contributed by atoms with Gasteiger partial charge in [0, 0.05) is 18.2 Å². The minimum atomic E-state index is -0.180. The van der Waals surface area contributed by atoms with Crippen molar-refractivity contribution < 1.29 is 14.2 Å². The Morgan fingerprint density at radius 3 is 2.55 bits per heavy atom. The summed E-state index contributed by atoms with van der Waals surface area (Å²) < 4.78 is 16.8. The highest BCUT2D eigenvalue weighted by atomic mass is 16.5. The van der Waals surface area contributed by atoms with Crippen LogP contribution in [0.1, 0.15) is 38.4 Å². The van der Waals surface area contributed by atoms with Crippen molar-refractivity contribution in [2.24, 2.45) is 5.73 Å². The van der Waals surface area contributed by atoms with Crippen LogP contribution in [-0.2, 0) is 9.47 Å². The second kappa shape index (κ2) is 9.75. The lowest BCUT2D eigenvalue weighted by Gasteiger charge is -2.23. The molecule has 0 amide bonds. The number of unbranched alkanes of at least 4 members (excludes halogenated alkanes) is 1. The van der Waals surface area contributed by atoms with Gasteiger partial charge in [0.15, 0.2) is 0 Å². The molecule has 0 bridgehead atoms. The first kappa shape index (κ1) is 17.0. The van der Waals surface area contributed by atoms with E-state index in [0.29, 0.717) is 13.2 Å². The van der Waals surface area contributed by atoms with Gasteiger partial charge in [-0.3, -0.25) is 0 Å². The second-order valence-electron chi connectivity index (χ2n) is 4.86. The molecule has 0 heterocycles. The Balaban J connectivity index is 2.52. The van der Waals surface area contributed by atoms with Crippen LogP contribution in [0.5, 0.6) is 5.75 Å². The van der Waals surface area contributed by atoms with Gasteiger partial charge < -0.3 is 19.9 Å². The van der Waals surface area contributed by atoms with Gasteiger partial charge >= 0.3 is 0 Å². The molecule has 0 aliphatic heterocycles. The molecule has 2 atom stereocenters. The summed E-state index contributed by atoms with van der Waals surface area (Å²) in [6.45, 7) is 6.01. The van der Waals surface area contributed by atoms with Gasteiger partial charge in [0.05, 0.1) is 20.3 Å². The first-order valence-corrected chi connectivity index (χ1v) is 7.28. The SMILES string of the molecule is CCCCOCCOC(c1ccccc1OC)C(C)N. The molecule has 4 nitrogen and oxygen atoms in total. The average molecular weight is 281 g/mol. The molecule has 0 aromatic heterocycles. The van der Waals surface area contributed by atoms with Crippen molar-refractivity contribution >= 4 is 0 Å². The third-order valence-electron chi connectivity index (χ3n) is 3.09. The van der Waals surface area contributed by atoms with Crippen LogP contribution in [0.4, 0.5) is 0 Å². The summed E-state index contributed by atoms with van der Waals surface area (Å²) in [4.78, 5) is 0. The Morgan fingerprint density at radius 2 is 1.90 bits per heavy atom. The van der Waals surface area contributed by atoms with E-state index in [-0.39, 0.29) is 12.1 Å². The average Bonchev–Trinajstić information content (AvgIpc) is 2.46. The molecule has 0 fully saturated rings. The van der Waals surface area contributed by atoms with Gasteiger partial charge in [0.1, 0.15) is 11.9 Å². The van der Waals surface area contributed by atoms with Crippen molar-refractivity contribution in [1.29, 1.82) is 0 Å². The van der Waals surface area contributed by atoms with E-state index in [1.807, 2.05) is 31.2 Å². The Labute approximate surface area is 122 Å². The van der Waals surface area contributed by atoms with Crippen LogP contribution in [0.15, 0.2) is 24.3 Å². The molecule has 20 heavy (non-hydrogen) atoms. The van der Waals surface area contributed by atoms with Gasteiger partial charge in [-0.1, -0.05) is 31.5 Å². The number of hydrogen-bond acceptors (Lipinski definition) is 4. The highest BCUT2D eigenvalue weighted by Gasteiger charge is 2.20. The molecule has 0 aliphatic rings. The smallest absolute Gasteiger partial charge is 0.124 e. The minimum absolute atomic E-state index is 0.109. The molecule has 0 aliphatic carbocycles. The summed E-state index contributed by atoms with van der Waals surface area (Å²) in [5, 5.41) is 0. The molecule has 1 rings (SSSR count). The molecule has 0 radical (unpaired) electrons. The van der Waals surface area contributed by atoms with E-state index >= 15 is 0 Å². The zero-order valence-electron chi connectivity index (χ0n) is 12.8. The largest absolute Gasteiger partial charge is 0.496 e. The quantitative estimate of drug-likeness (QED) is 0.670. The predicted molar refractivity (Wildman–Crippen MR) is 81.1 cm³/mol. The molecule has 0 saturated carbocycles. The molecular weight excluding hydrogens is 254 g/mol. The standard InChI is InChI=1S/C16H27NO3/c1-4-5-10-19-11-12-20-16(13(2)17)14-8-6-7-9-15(14)18-3/h6-9,13,16H,4-5,10-12,17H2,1-3H3. The highest BCUT2D eigenvalue weighted by molar-refractivity contribution is 5.35. The molecule has 114 valence electrons. The Morgan fingerprint density at radius 1 is 1.15 bits per heavy atom. The van der Waals surface area contributed by atoms with Crippen molar-refractivity contribution in [2.75, 3.05) is 26.9 Å². The van der Waals surface area contributed by atoms with Gasteiger partial charge in [-0.15, -0.1) is 0 Å². The van der Waals surface area contributed by atoms with Crippen LogP contribution in [0.25, 0.3) is 0 Å². The van der Waals surface area contributed by atoms with Gasteiger partial charge in [-0.25, -0.2) is 0 Å². The van der Waals surface area contributed by atoms with Crippen LogP contribution < -0.4 is 10.5 Å². The fraction of sp³-hybridized carbons (Fsp3) is 0.625. The molecule has 4 heteroatoms. The van der Waals surface area contributed by atoms with Crippen molar-refractivity contribution in [1.82, 2.24) is 0 Å². The molecule has 1 aromatic rings. The zero-order chi connectivity index (χ0) is 14.8. The maximum Gasteiger partial charge on any atom is 0.124 e. The number of benzene rings is 1. The Bertz CT molecular complexity index is 368. The number of ether oxygens (including phenoxy) is 3. The summed E-state index contributed by atoms with van der Waals surface area (Å²) in [6.07, 6.45) is 2.05. The monoisotopic (exact) mass is 281 g/mol. The maximum absolute atomic E-state index is 6.03. The van der Waals surface area contributed by atoms with Gasteiger partial charge in [-0.2, -0.15) is 0 Å². The first-order chi connectivity index (χ1) is 9.70. The molecule has 2 N–H and O–H groups in total. The van der Waals surface area contributed by atoms with Crippen LogP contribution in [-0.4, -0.2) is 33.0 Å². The fourth-order valence-corrected chi connectivity index (χ4v) is 2.01. The third kappa shape index (κ3) is 5.49. The van der Waals surface area contributed by atoms with Crippen molar-refractivity contribution in [3.63, 3.8) is 0 Å². The van der Waals surface area contributed by atoms with Crippen LogP contribution >= 0.6 is 0 Å². The number of methoxy groups -OCH3 is 1. The summed E-state index contributed by atoms with van der Waals surface area (Å²) in [5.41, 5.74) is 7.02. The van der Waals surface area contributed by atoms with Gasteiger partial charge in [-0.05, 0) is 19.4 Å². The van der Waals surface area contributed by atoms with Crippen molar-refractivity contribution in [3.05, 3.63) is 29.8 Å². The van der Waals surface area contributed by atoms with Gasteiger partial charge in [0.2, 0.25) is 0 Å². The van der Waals surface area contributed by atoms with Crippen molar-refractivity contribution in [3.8, 4) is 5.75 Å². The molecule has 0 saturated heterocycles. The normalized spacial score (nSPS) is 14.0. The predicted octanol–water partition coefficient (Wildman–Crippen LogP) is 2.92. The first-order valence-electron chi connectivity index (χ1n) is 7.28. The summed E-state index contributed by atoms with van der Waals surface area (Å²) in [6, 6.07) is 7.71. The zero-order valence-corrected chi connectivity index (χ0v) is 12.8. The number of hydrogen-bond donors (Lipinski definition) is 1. The van der Waals surface area contributed by atoms with E-state index in [9.17, 15) is 0 Å². The highest BCUT2D eigenvalue weighted by Crippen LogP contribution is 2.29. The lowest BCUT2D eigenvalue weighted by Crippen LogP contribution is -2.28. The van der Waals surface area contributed by atoms with Crippen molar-refractivity contribution in [2.45, 2.75) is 38.8 Å². The summed E-state index contributed by atoms with van der Waals surface area (Å²) in [7, 11) is 1.66. The fourth-order valence-electron chi connectivity index (χ4n) is 2.01. The second-order valence-corrected chi connectivity index (χ2v) is 4.86. The maximum atomic E-state index is 6.03. The molecule has 1 aromatic carbocycles. The Hall–Kier alpha value is -1.10. The van der Waals surface area contributed by atoms with E-state index in [1.54, 1.807) is 7.11 Å². The number of para-hydroxylation sites is 1. The minimum Gasteiger partial charge on any atom is -0.496 e. The van der Waals surface area contributed by atoms with Crippen LogP contribution in [0, 0.1) is 0 Å². The van der Waals surface area contributed by atoms with Gasteiger partial charge in [0.25, 0.3) is 0 Å². The van der Waals surface area contributed by atoms with E-state index in [1.165, 1.54) is 0 Å². The summed E-state index contributed by atoms with van der Waals surface area (Å²) in [5.74, 6) is 0.807. The van der Waals surface area contributed by atoms with E-state index in [4.69, 9.17) is 19.9 Å². The Kier molecular flexibility index (Phi) is 8.26. The van der Waals surface area contributed by atoms with Crippen LogP contribution in [0.3, 0.4) is 0 Å². The van der Waals surface area contributed by atoms with Crippen LogP contribution in [0.2, 0.25) is 0 Å². The third-order valence-corrected chi connectivity index (χ3v) is 3.09. The van der Waals surface area contributed by atoms with E-state index in [2.05, 4.69) is 6.92 Å². The summed E-state index contributed by atoms with van der Waals surface area (Å²) >= 11 is 0. The topological polar surface area (TPSA) is 53.7 Å². The van der Waals surface area contributed by atoms with E-state index < -0.39 is 0 Å². The molecular formula is C16H27NO3. The van der Waals surface area contributed by atoms with E-state index in [0.717, 1.165) is 30.8 Å². The number of nitrogens with two attached hydrogens (primary N) is 1. The molecule has 0 spiro atoms. The molecule has 2 unspecified atom stereocenters. The lowest BCUT2D eigenvalue weighted by atomic mass is 10.0. The lowest BCUT2D eigenvalue weighted by molar-refractivity contribution is -0.00617. The number of rotatable bonds is 10.